The van der Waals surface area contributed by atoms with Crippen LogP contribution in [0.4, 0.5) is 15.2 Å². The number of hydrogen-bond donors (Lipinski definition) is 2. The van der Waals surface area contributed by atoms with Crippen molar-refractivity contribution in [3.05, 3.63) is 53.2 Å². The zero-order valence-corrected chi connectivity index (χ0v) is 18.8. The number of carbonyl (C=O) groups excluding carboxylic acids is 2. The summed E-state index contributed by atoms with van der Waals surface area (Å²) in [6.45, 7) is 4.00. The lowest BCUT2D eigenvalue weighted by atomic mass is 10.1. The maximum Gasteiger partial charge on any atom is 0.257 e. The Labute approximate surface area is 189 Å². The Morgan fingerprint density at radius 2 is 1.94 bits per heavy atom. The minimum absolute atomic E-state index is 0.270. The van der Waals surface area contributed by atoms with E-state index in [4.69, 9.17) is 9.47 Å². The Morgan fingerprint density at radius 3 is 2.62 bits per heavy atom. The number of aromatic nitrogens is 1. The Morgan fingerprint density at radius 1 is 1.12 bits per heavy atom. The van der Waals surface area contributed by atoms with Crippen molar-refractivity contribution in [3.63, 3.8) is 0 Å². The average Bonchev–Trinajstić information content (AvgIpc) is 3.21. The van der Waals surface area contributed by atoms with Gasteiger partial charge in [0.1, 0.15) is 5.82 Å². The molecule has 0 spiro atoms. The van der Waals surface area contributed by atoms with Crippen LogP contribution in [-0.2, 0) is 4.79 Å². The number of halogens is 1. The van der Waals surface area contributed by atoms with E-state index in [0.717, 1.165) is 12.8 Å². The standard InChI is InChI=1S/C23H24FN3O4S/c1-4-5-10-31-20-9-6-15(11-21(20)30-3)22(29)27-23-26-19(13-32-23)17-8-7-16(12-18(17)24)25-14(2)28/h6-9,11-13H,4-5,10H2,1-3H3,(H,25,28)(H,26,27,29). The van der Waals surface area contributed by atoms with Gasteiger partial charge in [0.05, 0.1) is 19.4 Å². The largest absolute Gasteiger partial charge is 0.493 e. The third-order valence-corrected chi connectivity index (χ3v) is 5.23. The van der Waals surface area contributed by atoms with Gasteiger partial charge in [0, 0.05) is 29.1 Å². The van der Waals surface area contributed by atoms with Crippen LogP contribution in [0.5, 0.6) is 11.5 Å². The molecule has 0 aliphatic rings. The van der Waals surface area contributed by atoms with E-state index >= 15 is 0 Å². The molecule has 9 heteroatoms. The molecule has 0 atom stereocenters. The molecule has 0 aliphatic carbocycles. The molecular formula is C23H24FN3O4S. The zero-order chi connectivity index (χ0) is 23.1. The molecule has 7 nitrogen and oxygen atoms in total. The summed E-state index contributed by atoms with van der Waals surface area (Å²) < 4.78 is 25.5. The van der Waals surface area contributed by atoms with Crippen molar-refractivity contribution in [3.8, 4) is 22.8 Å². The van der Waals surface area contributed by atoms with Crippen molar-refractivity contribution in [2.75, 3.05) is 24.4 Å². The summed E-state index contributed by atoms with van der Waals surface area (Å²) >= 11 is 1.18. The minimum atomic E-state index is -0.525. The second-order valence-corrected chi connectivity index (χ2v) is 7.79. The van der Waals surface area contributed by atoms with Crippen LogP contribution < -0.4 is 20.1 Å². The maximum absolute atomic E-state index is 14.5. The predicted octanol–water partition coefficient (Wildman–Crippen LogP) is 5.35. The topological polar surface area (TPSA) is 89.5 Å². The third-order valence-electron chi connectivity index (χ3n) is 4.47. The highest BCUT2D eigenvalue weighted by atomic mass is 32.1. The average molecular weight is 458 g/mol. The van der Waals surface area contributed by atoms with E-state index in [-0.39, 0.29) is 17.4 Å². The molecule has 3 rings (SSSR count). The van der Waals surface area contributed by atoms with Crippen molar-refractivity contribution in [2.45, 2.75) is 26.7 Å². The van der Waals surface area contributed by atoms with Crippen molar-refractivity contribution in [1.82, 2.24) is 4.98 Å². The van der Waals surface area contributed by atoms with Crippen LogP contribution in [0.2, 0.25) is 0 Å². The second-order valence-electron chi connectivity index (χ2n) is 6.94. The van der Waals surface area contributed by atoms with Crippen molar-refractivity contribution < 1.29 is 23.5 Å². The van der Waals surface area contributed by atoms with Gasteiger partial charge < -0.3 is 14.8 Å². The summed E-state index contributed by atoms with van der Waals surface area (Å²) in [4.78, 5) is 28.1. The number of rotatable bonds is 9. The van der Waals surface area contributed by atoms with Crippen LogP contribution in [-0.4, -0.2) is 30.5 Å². The molecule has 2 N–H and O–H groups in total. The molecule has 0 aliphatic heterocycles. The number of nitrogens with one attached hydrogen (secondary N) is 2. The van der Waals surface area contributed by atoms with E-state index in [1.54, 1.807) is 29.6 Å². The normalized spacial score (nSPS) is 10.5. The molecule has 0 saturated carbocycles. The van der Waals surface area contributed by atoms with Gasteiger partial charge in [-0.15, -0.1) is 11.3 Å². The van der Waals surface area contributed by atoms with Crippen LogP contribution in [0.3, 0.4) is 0 Å². The molecule has 3 aromatic rings. The van der Waals surface area contributed by atoms with Gasteiger partial charge in [-0.1, -0.05) is 13.3 Å². The first kappa shape index (κ1) is 23.2. The lowest BCUT2D eigenvalue weighted by Crippen LogP contribution is -2.12. The Bertz CT molecular complexity index is 1120. The summed E-state index contributed by atoms with van der Waals surface area (Å²) in [5.74, 6) is -0.135. The number of benzene rings is 2. The molecule has 0 bridgehead atoms. The SMILES string of the molecule is CCCCOc1ccc(C(=O)Nc2nc(-c3ccc(NC(C)=O)cc3F)cs2)cc1OC. The molecule has 0 radical (unpaired) electrons. The van der Waals surface area contributed by atoms with Gasteiger partial charge in [-0.25, -0.2) is 9.37 Å². The van der Waals surface area contributed by atoms with Crippen LogP contribution in [0.1, 0.15) is 37.0 Å². The number of nitrogens with zero attached hydrogens (tertiary/aromatic N) is 1. The molecule has 1 aromatic heterocycles. The van der Waals surface area contributed by atoms with E-state index in [2.05, 4.69) is 22.5 Å². The van der Waals surface area contributed by atoms with Crippen molar-refractivity contribution in [2.24, 2.45) is 0 Å². The molecule has 2 aromatic carbocycles. The van der Waals surface area contributed by atoms with Crippen LogP contribution in [0, 0.1) is 5.82 Å². The van der Waals surface area contributed by atoms with Gasteiger partial charge >= 0.3 is 0 Å². The van der Waals surface area contributed by atoms with Crippen molar-refractivity contribution in [1.29, 1.82) is 0 Å². The fourth-order valence-corrected chi connectivity index (χ4v) is 3.59. The lowest BCUT2D eigenvalue weighted by molar-refractivity contribution is -0.114. The number of carbonyl (C=O) groups is 2. The van der Waals surface area contributed by atoms with Crippen LogP contribution >= 0.6 is 11.3 Å². The highest BCUT2D eigenvalue weighted by molar-refractivity contribution is 7.14. The smallest absolute Gasteiger partial charge is 0.257 e. The molecule has 1 heterocycles. The van der Waals surface area contributed by atoms with Gasteiger partial charge in [0.25, 0.3) is 5.91 Å². The Kier molecular flexibility index (Phi) is 7.77. The predicted molar refractivity (Wildman–Crippen MR) is 123 cm³/mol. The summed E-state index contributed by atoms with van der Waals surface area (Å²) in [7, 11) is 1.52. The van der Waals surface area contributed by atoms with Crippen LogP contribution in [0.15, 0.2) is 41.8 Å². The molecule has 32 heavy (non-hydrogen) atoms. The minimum Gasteiger partial charge on any atom is -0.493 e. The number of anilines is 2. The Balaban J connectivity index is 1.71. The maximum atomic E-state index is 14.5. The van der Waals surface area contributed by atoms with Gasteiger partial charge in [0.15, 0.2) is 16.6 Å². The van der Waals surface area contributed by atoms with Crippen molar-refractivity contribution >= 4 is 34.0 Å². The Hall–Kier alpha value is -3.46. The molecule has 0 saturated heterocycles. The van der Waals surface area contributed by atoms with E-state index in [1.807, 2.05) is 0 Å². The molecular weight excluding hydrogens is 433 g/mol. The summed E-state index contributed by atoms with van der Waals surface area (Å²) in [6.07, 6.45) is 1.94. The highest BCUT2D eigenvalue weighted by Crippen LogP contribution is 2.31. The van der Waals surface area contributed by atoms with E-state index < -0.39 is 5.82 Å². The van der Waals surface area contributed by atoms with Gasteiger partial charge in [0.2, 0.25) is 5.91 Å². The number of ether oxygens (including phenoxy) is 2. The number of amides is 2. The number of methoxy groups -OCH3 is 1. The van der Waals surface area contributed by atoms with E-state index in [0.29, 0.717) is 40.2 Å². The highest BCUT2D eigenvalue weighted by Gasteiger charge is 2.15. The molecule has 168 valence electrons. The van der Waals surface area contributed by atoms with Crippen LogP contribution in [0.25, 0.3) is 11.3 Å². The molecule has 0 unspecified atom stereocenters. The molecule has 2 amide bonds. The monoisotopic (exact) mass is 457 g/mol. The molecule has 0 fully saturated rings. The summed E-state index contributed by atoms with van der Waals surface area (Å²) in [5.41, 5.74) is 1.39. The quantitative estimate of drug-likeness (QED) is 0.423. The van der Waals surface area contributed by atoms with Gasteiger partial charge in [-0.3, -0.25) is 14.9 Å². The number of unbranched alkanes of at least 4 members (excludes halogenated alkanes) is 1. The second kappa shape index (κ2) is 10.7. The fraction of sp³-hybridized carbons (Fsp3) is 0.261. The van der Waals surface area contributed by atoms with Gasteiger partial charge in [-0.05, 0) is 42.8 Å². The zero-order valence-electron chi connectivity index (χ0n) is 18.0. The van der Waals surface area contributed by atoms with Gasteiger partial charge in [-0.2, -0.15) is 0 Å². The first-order valence-corrected chi connectivity index (χ1v) is 10.9. The van der Waals surface area contributed by atoms with E-state index in [1.165, 1.54) is 37.5 Å². The first-order chi connectivity index (χ1) is 15.4. The number of thiazole rings is 1. The first-order valence-electron chi connectivity index (χ1n) is 10.1. The number of hydrogen-bond acceptors (Lipinski definition) is 6. The van der Waals surface area contributed by atoms with E-state index in [9.17, 15) is 14.0 Å². The third kappa shape index (κ3) is 5.82. The summed E-state index contributed by atoms with van der Waals surface area (Å²) in [6, 6.07) is 9.30. The fourth-order valence-electron chi connectivity index (χ4n) is 2.88. The summed E-state index contributed by atoms with van der Waals surface area (Å²) in [5, 5.41) is 7.23. The lowest BCUT2D eigenvalue weighted by Gasteiger charge is -2.11.